The number of rotatable bonds is 5. The van der Waals surface area contributed by atoms with Gasteiger partial charge in [-0.15, -0.1) is 0 Å². The van der Waals surface area contributed by atoms with Crippen molar-refractivity contribution in [3.8, 4) is 0 Å². The van der Waals surface area contributed by atoms with Gasteiger partial charge in [0.1, 0.15) is 0 Å². The average Bonchev–Trinajstić information content (AvgIpc) is 2.63. The standard InChI is InChI=1S/C18H21ClN4OS/c19-16-13-15(4-5-17(16)23-9-11-25-12-10-23)22-18(24)21-8-6-14-3-1-2-7-20-14/h1-5,7,13H,6,8-12H2,(H2,21,22,24). The average molecular weight is 377 g/mol. The third-order valence-corrected chi connectivity index (χ3v) is 5.20. The van der Waals surface area contributed by atoms with Crippen molar-refractivity contribution in [2.45, 2.75) is 6.42 Å². The van der Waals surface area contributed by atoms with Crippen molar-refractivity contribution in [2.75, 3.05) is 41.4 Å². The minimum atomic E-state index is -0.242. The molecule has 0 radical (unpaired) electrons. The first kappa shape index (κ1) is 17.9. The summed E-state index contributed by atoms with van der Waals surface area (Å²) in [7, 11) is 0. The predicted molar refractivity (Wildman–Crippen MR) is 106 cm³/mol. The number of anilines is 2. The van der Waals surface area contributed by atoms with Crippen molar-refractivity contribution in [1.82, 2.24) is 10.3 Å². The highest BCUT2D eigenvalue weighted by atomic mass is 35.5. The summed E-state index contributed by atoms with van der Waals surface area (Å²) < 4.78 is 0. The number of amides is 2. The number of hydrogen-bond donors (Lipinski definition) is 2. The predicted octanol–water partition coefficient (Wildman–Crippen LogP) is 3.65. The Kier molecular flexibility index (Phi) is 6.42. The second-order valence-corrected chi connectivity index (χ2v) is 7.35. The Bertz CT molecular complexity index is 707. The molecule has 2 N–H and O–H groups in total. The van der Waals surface area contributed by atoms with Crippen molar-refractivity contribution >= 4 is 40.8 Å². The van der Waals surface area contributed by atoms with Crippen molar-refractivity contribution in [3.05, 3.63) is 53.3 Å². The lowest BCUT2D eigenvalue weighted by Crippen LogP contribution is -2.32. The van der Waals surface area contributed by atoms with E-state index in [1.807, 2.05) is 42.1 Å². The van der Waals surface area contributed by atoms with Crippen LogP contribution in [0, 0.1) is 0 Å². The van der Waals surface area contributed by atoms with Gasteiger partial charge in [0.2, 0.25) is 0 Å². The van der Waals surface area contributed by atoms with Gasteiger partial charge in [-0.1, -0.05) is 17.7 Å². The topological polar surface area (TPSA) is 57.3 Å². The summed E-state index contributed by atoms with van der Waals surface area (Å²) in [5.41, 5.74) is 2.67. The largest absolute Gasteiger partial charge is 0.369 e. The van der Waals surface area contributed by atoms with Crippen LogP contribution in [0.4, 0.5) is 16.2 Å². The molecule has 0 bridgehead atoms. The number of nitrogens with zero attached hydrogens (tertiary/aromatic N) is 2. The van der Waals surface area contributed by atoms with Crippen LogP contribution in [-0.2, 0) is 6.42 Å². The summed E-state index contributed by atoms with van der Waals surface area (Å²) in [6, 6.07) is 11.2. The maximum absolute atomic E-state index is 12.0. The number of urea groups is 1. The highest BCUT2D eigenvalue weighted by molar-refractivity contribution is 7.99. The van der Waals surface area contributed by atoms with E-state index in [2.05, 4.69) is 20.5 Å². The van der Waals surface area contributed by atoms with Crippen LogP contribution in [-0.4, -0.2) is 42.2 Å². The molecular formula is C18H21ClN4OS. The molecule has 2 aromatic rings. The first-order chi connectivity index (χ1) is 12.2. The maximum Gasteiger partial charge on any atom is 0.319 e. The normalized spacial score (nSPS) is 14.2. The van der Waals surface area contributed by atoms with Crippen molar-refractivity contribution in [2.24, 2.45) is 0 Å². The molecule has 7 heteroatoms. The molecule has 1 aliphatic heterocycles. The van der Waals surface area contributed by atoms with Gasteiger partial charge >= 0.3 is 6.03 Å². The van der Waals surface area contributed by atoms with Gasteiger partial charge in [-0.2, -0.15) is 11.8 Å². The van der Waals surface area contributed by atoms with Crippen LogP contribution in [0.15, 0.2) is 42.6 Å². The van der Waals surface area contributed by atoms with E-state index < -0.39 is 0 Å². The molecule has 2 heterocycles. The Morgan fingerprint density at radius 3 is 2.80 bits per heavy atom. The number of carbonyl (C=O) groups is 1. The summed E-state index contributed by atoms with van der Waals surface area (Å²) in [6.07, 6.45) is 2.45. The Hall–Kier alpha value is -1.92. The number of nitrogens with one attached hydrogen (secondary N) is 2. The molecule has 3 rings (SSSR count). The number of thioether (sulfide) groups is 1. The molecule has 1 fully saturated rings. The highest BCUT2D eigenvalue weighted by Crippen LogP contribution is 2.30. The van der Waals surface area contributed by atoms with Crippen LogP contribution >= 0.6 is 23.4 Å². The second kappa shape index (κ2) is 8.97. The molecule has 2 amide bonds. The van der Waals surface area contributed by atoms with Crippen LogP contribution in [0.25, 0.3) is 0 Å². The third kappa shape index (κ3) is 5.28. The van der Waals surface area contributed by atoms with E-state index in [-0.39, 0.29) is 6.03 Å². The molecule has 1 aromatic heterocycles. The van der Waals surface area contributed by atoms with Gasteiger partial charge in [-0.25, -0.2) is 4.79 Å². The zero-order chi connectivity index (χ0) is 17.5. The number of aromatic nitrogens is 1. The van der Waals surface area contributed by atoms with Gasteiger partial charge in [0.15, 0.2) is 0 Å². The minimum absolute atomic E-state index is 0.242. The molecule has 1 saturated heterocycles. The molecule has 1 aromatic carbocycles. The van der Waals surface area contributed by atoms with E-state index in [1.54, 1.807) is 12.3 Å². The van der Waals surface area contributed by atoms with E-state index in [1.165, 1.54) is 0 Å². The quantitative estimate of drug-likeness (QED) is 0.836. The van der Waals surface area contributed by atoms with Gasteiger partial charge in [-0.3, -0.25) is 4.98 Å². The Morgan fingerprint density at radius 2 is 2.08 bits per heavy atom. The molecule has 0 spiro atoms. The second-order valence-electron chi connectivity index (χ2n) is 5.72. The maximum atomic E-state index is 12.0. The van der Waals surface area contributed by atoms with Gasteiger partial charge < -0.3 is 15.5 Å². The van der Waals surface area contributed by atoms with E-state index in [9.17, 15) is 4.79 Å². The molecular weight excluding hydrogens is 356 g/mol. The molecule has 132 valence electrons. The fraction of sp³-hybridized carbons (Fsp3) is 0.333. The van der Waals surface area contributed by atoms with Crippen LogP contribution in [0.1, 0.15) is 5.69 Å². The molecule has 0 atom stereocenters. The Balaban J connectivity index is 1.50. The van der Waals surface area contributed by atoms with Crippen LogP contribution in [0.5, 0.6) is 0 Å². The fourth-order valence-corrected chi connectivity index (χ4v) is 3.87. The lowest BCUT2D eigenvalue weighted by molar-refractivity contribution is 0.252. The third-order valence-electron chi connectivity index (χ3n) is 3.95. The summed E-state index contributed by atoms with van der Waals surface area (Å²) in [5, 5.41) is 6.32. The number of hydrogen-bond acceptors (Lipinski definition) is 4. The minimum Gasteiger partial charge on any atom is -0.369 e. The lowest BCUT2D eigenvalue weighted by atomic mass is 10.2. The Labute approximate surface area is 157 Å². The Morgan fingerprint density at radius 1 is 1.24 bits per heavy atom. The van der Waals surface area contributed by atoms with Crippen molar-refractivity contribution in [3.63, 3.8) is 0 Å². The molecule has 1 aliphatic rings. The van der Waals surface area contributed by atoms with E-state index in [0.29, 0.717) is 23.7 Å². The summed E-state index contributed by atoms with van der Waals surface area (Å²) in [5.74, 6) is 2.24. The van der Waals surface area contributed by atoms with E-state index in [0.717, 1.165) is 36.0 Å². The van der Waals surface area contributed by atoms with Gasteiger partial charge in [-0.05, 0) is 30.3 Å². The van der Waals surface area contributed by atoms with Crippen LogP contribution in [0.2, 0.25) is 5.02 Å². The highest BCUT2D eigenvalue weighted by Gasteiger charge is 2.14. The van der Waals surface area contributed by atoms with Gasteiger partial charge in [0, 0.05) is 55.1 Å². The van der Waals surface area contributed by atoms with Crippen LogP contribution in [0.3, 0.4) is 0 Å². The summed E-state index contributed by atoms with van der Waals surface area (Å²) in [6.45, 7) is 2.54. The summed E-state index contributed by atoms with van der Waals surface area (Å²) in [4.78, 5) is 18.5. The molecule has 0 saturated carbocycles. The zero-order valence-corrected chi connectivity index (χ0v) is 15.4. The molecule has 25 heavy (non-hydrogen) atoms. The first-order valence-corrected chi connectivity index (χ1v) is 9.82. The number of pyridine rings is 1. The molecule has 0 unspecified atom stereocenters. The van der Waals surface area contributed by atoms with Gasteiger partial charge in [0.25, 0.3) is 0 Å². The fourth-order valence-electron chi connectivity index (χ4n) is 2.67. The lowest BCUT2D eigenvalue weighted by Gasteiger charge is -2.29. The van der Waals surface area contributed by atoms with Crippen LogP contribution < -0.4 is 15.5 Å². The zero-order valence-electron chi connectivity index (χ0n) is 13.9. The smallest absolute Gasteiger partial charge is 0.319 e. The van der Waals surface area contributed by atoms with Crippen molar-refractivity contribution in [1.29, 1.82) is 0 Å². The van der Waals surface area contributed by atoms with E-state index >= 15 is 0 Å². The molecule has 0 aliphatic carbocycles. The van der Waals surface area contributed by atoms with Gasteiger partial charge in [0.05, 0.1) is 10.7 Å². The first-order valence-electron chi connectivity index (χ1n) is 8.29. The van der Waals surface area contributed by atoms with Crippen molar-refractivity contribution < 1.29 is 4.79 Å². The monoisotopic (exact) mass is 376 g/mol. The number of benzene rings is 1. The SMILES string of the molecule is O=C(NCCc1ccccn1)Nc1ccc(N2CCSCC2)c(Cl)c1. The molecule has 5 nitrogen and oxygen atoms in total. The summed E-state index contributed by atoms with van der Waals surface area (Å²) >= 11 is 8.36. The van der Waals surface area contributed by atoms with E-state index in [4.69, 9.17) is 11.6 Å². The number of carbonyl (C=O) groups excluding carboxylic acids is 1. The number of halogens is 1.